The Kier molecular flexibility index (Phi) is 6.64. The number of carbonyl (C=O) groups is 3. The van der Waals surface area contributed by atoms with Gasteiger partial charge in [0.25, 0.3) is 5.91 Å². The fourth-order valence-electron chi connectivity index (χ4n) is 4.03. The second-order valence-electron chi connectivity index (χ2n) is 9.40. The van der Waals surface area contributed by atoms with Crippen molar-refractivity contribution >= 4 is 17.8 Å². The summed E-state index contributed by atoms with van der Waals surface area (Å²) in [5, 5.41) is 14.2. The van der Waals surface area contributed by atoms with Gasteiger partial charge in [-0.1, -0.05) is 13.8 Å². The van der Waals surface area contributed by atoms with Crippen molar-refractivity contribution in [2.45, 2.75) is 96.3 Å². The molecule has 3 saturated heterocycles. The van der Waals surface area contributed by atoms with Crippen LogP contribution in [-0.2, 0) is 38.1 Å². The molecule has 0 aromatic carbocycles. The number of ether oxygens (including phenoxy) is 5. The molecule has 3 aliphatic rings. The molecule has 2 amide bonds. The Bertz CT molecular complexity index is 723. The van der Waals surface area contributed by atoms with Crippen LogP contribution in [-0.4, -0.2) is 77.8 Å². The maximum atomic E-state index is 12.8. The molecule has 11 nitrogen and oxygen atoms in total. The van der Waals surface area contributed by atoms with Gasteiger partial charge in [0.1, 0.15) is 24.4 Å². The summed E-state index contributed by atoms with van der Waals surface area (Å²) in [6.45, 7) is 10.2. The van der Waals surface area contributed by atoms with Crippen molar-refractivity contribution in [3.8, 4) is 0 Å². The van der Waals surface area contributed by atoms with Gasteiger partial charge in [0.15, 0.2) is 24.0 Å². The van der Waals surface area contributed by atoms with Gasteiger partial charge in [-0.25, -0.2) is 4.79 Å². The van der Waals surface area contributed by atoms with Crippen molar-refractivity contribution in [2.75, 3.05) is 6.54 Å². The monoisotopic (exact) mass is 444 g/mol. The highest BCUT2D eigenvalue weighted by atomic mass is 16.9. The second-order valence-corrected chi connectivity index (χ2v) is 9.40. The van der Waals surface area contributed by atoms with E-state index in [-0.39, 0.29) is 12.3 Å². The predicted molar refractivity (Wildman–Crippen MR) is 105 cm³/mol. The van der Waals surface area contributed by atoms with Crippen molar-refractivity contribution in [3.05, 3.63) is 0 Å². The van der Waals surface area contributed by atoms with Gasteiger partial charge in [-0.2, -0.15) is 0 Å². The number of carboxylic acids is 1. The first-order valence-electron chi connectivity index (χ1n) is 10.4. The lowest BCUT2D eigenvalue weighted by atomic mass is 9.98. The lowest BCUT2D eigenvalue weighted by Crippen LogP contribution is -2.60. The van der Waals surface area contributed by atoms with Crippen LogP contribution in [0.5, 0.6) is 0 Å². The molecule has 6 atom stereocenters. The van der Waals surface area contributed by atoms with Gasteiger partial charge in [-0.05, 0) is 40.0 Å². The van der Waals surface area contributed by atoms with Crippen molar-refractivity contribution in [1.29, 1.82) is 0 Å². The van der Waals surface area contributed by atoms with Crippen molar-refractivity contribution in [3.63, 3.8) is 0 Å². The van der Waals surface area contributed by atoms with Gasteiger partial charge in [-0.3, -0.25) is 9.59 Å². The fourth-order valence-corrected chi connectivity index (χ4v) is 4.03. The van der Waals surface area contributed by atoms with Crippen molar-refractivity contribution in [2.24, 2.45) is 5.92 Å². The Hall–Kier alpha value is -1.79. The summed E-state index contributed by atoms with van der Waals surface area (Å²) >= 11 is 0. The molecule has 0 saturated carbocycles. The largest absolute Gasteiger partial charge is 0.480 e. The van der Waals surface area contributed by atoms with Crippen molar-refractivity contribution in [1.82, 2.24) is 10.6 Å². The molecule has 3 rings (SSSR count). The molecular weight excluding hydrogens is 412 g/mol. The third-order valence-electron chi connectivity index (χ3n) is 5.18. The molecule has 31 heavy (non-hydrogen) atoms. The van der Waals surface area contributed by atoms with Crippen LogP contribution in [0, 0.1) is 5.92 Å². The van der Waals surface area contributed by atoms with Crippen LogP contribution in [0.15, 0.2) is 0 Å². The Morgan fingerprint density at radius 2 is 1.52 bits per heavy atom. The van der Waals surface area contributed by atoms with E-state index < -0.39 is 72.7 Å². The van der Waals surface area contributed by atoms with E-state index in [4.69, 9.17) is 23.7 Å². The van der Waals surface area contributed by atoms with Gasteiger partial charge >= 0.3 is 5.97 Å². The van der Waals surface area contributed by atoms with Gasteiger partial charge in [-0.15, -0.1) is 0 Å². The van der Waals surface area contributed by atoms with Crippen LogP contribution in [0.25, 0.3) is 0 Å². The summed E-state index contributed by atoms with van der Waals surface area (Å²) in [6.07, 6.45) is -3.57. The minimum absolute atomic E-state index is 0.0808. The maximum absolute atomic E-state index is 12.8. The third-order valence-corrected chi connectivity index (χ3v) is 5.18. The summed E-state index contributed by atoms with van der Waals surface area (Å²) in [4.78, 5) is 36.4. The summed E-state index contributed by atoms with van der Waals surface area (Å²) in [7, 11) is 0. The number of carbonyl (C=O) groups excluding carboxylic acids is 2. The minimum atomic E-state index is -1.13. The zero-order valence-corrected chi connectivity index (χ0v) is 18.7. The van der Waals surface area contributed by atoms with Gasteiger partial charge in [0.2, 0.25) is 5.91 Å². The van der Waals surface area contributed by atoms with Crippen molar-refractivity contribution < 1.29 is 43.2 Å². The van der Waals surface area contributed by atoms with Crippen LogP contribution >= 0.6 is 0 Å². The zero-order chi connectivity index (χ0) is 23.1. The van der Waals surface area contributed by atoms with Gasteiger partial charge < -0.3 is 39.4 Å². The second kappa shape index (κ2) is 8.62. The SMILES string of the molecule is CC(C)C[C@H](NC(=O)CNC(=O)[C@@H]1O[C@@H]2OC(C)(C)O[C@@H]2[C@H]2OC(C)(C)O[C@H]21)C(=O)O. The Balaban J connectivity index is 1.63. The first kappa shape index (κ1) is 23.9. The van der Waals surface area contributed by atoms with E-state index in [1.807, 2.05) is 13.8 Å². The maximum Gasteiger partial charge on any atom is 0.326 e. The molecule has 0 bridgehead atoms. The molecule has 0 aliphatic carbocycles. The number of hydrogen-bond acceptors (Lipinski definition) is 8. The summed E-state index contributed by atoms with van der Waals surface area (Å²) in [5.74, 6) is -4.12. The molecule has 11 heteroatoms. The molecule has 3 fully saturated rings. The smallest absolute Gasteiger partial charge is 0.326 e. The Morgan fingerprint density at radius 3 is 2.13 bits per heavy atom. The average molecular weight is 444 g/mol. The van der Waals surface area contributed by atoms with Crippen LogP contribution < -0.4 is 10.6 Å². The first-order chi connectivity index (χ1) is 14.3. The van der Waals surface area contributed by atoms with Crippen LogP contribution in [0.4, 0.5) is 0 Å². The first-order valence-corrected chi connectivity index (χ1v) is 10.4. The third kappa shape index (κ3) is 5.53. The molecule has 3 aliphatic heterocycles. The molecule has 0 unspecified atom stereocenters. The average Bonchev–Trinajstić information content (AvgIpc) is 3.11. The van der Waals surface area contributed by atoms with E-state index in [0.717, 1.165) is 0 Å². The normalized spacial score (nSPS) is 34.0. The van der Waals surface area contributed by atoms with E-state index >= 15 is 0 Å². The minimum Gasteiger partial charge on any atom is -0.480 e. The number of carboxylic acid groups (broad SMARTS) is 1. The lowest BCUT2D eigenvalue weighted by molar-refractivity contribution is -0.231. The van der Waals surface area contributed by atoms with E-state index in [1.54, 1.807) is 27.7 Å². The zero-order valence-electron chi connectivity index (χ0n) is 18.7. The highest BCUT2D eigenvalue weighted by Gasteiger charge is 2.62. The molecule has 0 spiro atoms. The van der Waals surface area contributed by atoms with Gasteiger partial charge in [0, 0.05) is 0 Å². The number of rotatable bonds is 7. The number of hydrogen-bond donors (Lipinski definition) is 3. The van der Waals surface area contributed by atoms with Gasteiger partial charge in [0.05, 0.1) is 6.54 Å². The number of amides is 2. The quantitative estimate of drug-likeness (QED) is 0.499. The van der Waals surface area contributed by atoms with E-state index in [2.05, 4.69) is 10.6 Å². The molecule has 0 radical (unpaired) electrons. The summed E-state index contributed by atoms with van der Waals surface area (Å²) in [6, 6.07) is -1.03. The molecule has 3 N–H and O–H groups in total. The number of nitrogens with one attached hydrogen (secondary N) is 2. The molecule has 0 aromatic heterocycles. The standard InChI is InChI=1S/C20H32N2O9/c1-9(2)7-10(17(25)26)22-11(23)8-21-16(24)14-12-13(29-19(3,4)28-12)15-18(27-14)31-20(5,6)30-15/h9-10,12-15,18H,7-8H2,1-6H3,(H,21,24)(H,22,23)(H,25,26)/t10-,12+,13-,14+,15+,18+/m0/s1. The molecule has 3 heterocycles. The topological polar surface area (TPSA) is 142 Å². The lowest BCUT2D eigenvalue weighted by Gasteiger charge is -2.36. The molecule has 176 valence electrons. The Morgan fingerprint density at radius 1 is 0.935 bits per heavy atom. The van der Waals surface area contributed by atoms with Crippen LogP contribution in [0.2, 0.25) is 0 Å². The predicted octanol–water partition coefficient (Wildman–Crippen LogP) is 0.115. The van der Waals surface area contributed by atoms with E-state index in [9.17, 15) is 19.5 Å². The Labute approximate surface area is 181 Å². The number of aliphatic carboxylic acids is 1. The molecule has 0 aromatic rings. The van der Waals surface area contributed by atoms with Crippen LogP contribution in [0.3, 0.4) is 0 Å². The van der Waals surface area contributed by atoms with E-state index in [1.165, 1.54) is 0 Å². The summed E-state index contributed by atoms with van der Waals surface area (Å²) < 4.78 is 29.3. The fraction of sp³-hybridized carbons (Fsp3) is 0.850. The number of fused-ring (bicyclic) bond motifs is 3. The van der Waals surface area contributed by atoms with E-state index in [0.29, 0.717) is 0 Å². The highest BCUT2D eigenvalue weighted by Crippen LogP contribution is 2.44. The molecular formula is C20H32N2O9. The van der Waals surface area contributed by atoms with Crippen LogP contribution in [0.1, 0.15) is 48.0 Å². The highest BCUT2D eigenvalue weighted by molar-refractivity contribution is 5.89. The summed E-state index contributed by atoms with van der Waals surface area (Å²) in [5.41, 5.74) is 0.